The zero-order valence-electron chi connectivity index (χ0n) is 11.4. The zero-order valence-corrected chi connectivity index (χ0v) is 11.4. The number of nitrogens with zero attached hydrogens (tertiary/aromatic N) is 1. The Bertz CT molecular complexity index is 271. The van der Waals surface area contributed by atoms with Gasteiger partial charge in [0.25, 0.3) is 0 Å². The van der Waals surface area contributed by atoms with Gasteiger partial charge in [-0.15, -0.1) is 0 Å². The molecule has 0 heterocycles. The number of hydrogen-bond donors (Lipinski definition) is 2. The molecule has 5 heteroatoms. The van der Waals surface area contributed by atoms with Crippen molar-refractivity contribution in [3.8, 4) is 0 Å². The lowest BCUT2D eigenvalue weighted by Crippen LogP contribution is -2.41. The largest absolute Gasteiger partial charge is 0.481 e. The maximum Gasteiger partial charge on any atom is 0.317 e. The first-order valence-electron chi connectivity index (χ1n) is 5.85. The van der Waals surface area contributed by atoms with E-state index in [0.29, 0.717) is 6.54 Å². The second kappa shape index (κ2) is 6.47. The van der Waals surface area contributed by atoms with Gasteiger partial charge in [0.05, 0.1) is 5.92 Å². The van der Waals surface area contributed by atoms with Crippen LogP contribution in [0.2, 0.25) is 0 Å². The van der Waals surface area contributed by atoms with Crippen molar-refractivity contribution in [2.24, 2.45) is 11.3 Å². The van der Waals surface area contributed by atoms with Gasteiger partial charge in [-0.05, 0) is 11.8 Å². The molecule has 0 spiro atoms. The predicted octanol–water partition coefficient (Wildman–Crippen LogP) is 1.78. The third-order valence-electron chi connectivity index (χ3n) is 2.47. The van der Waals surface area contributed by atoms with Gasteiger partial charge >= 0.3 is 12.0 Å². The molecule has 1 unspecified atom stereocenters. The lowest BCUT2D eigenvalue weighted by atomic mass is 9.92. The second-order valence-electron chi connectivity index (χ2n) is 5.66. The highest BCUT2D eigenvalue weighted by Crippen LogP contribution is 2.16. The zero-order chi connectivity index (χ0) is 13.6. The number of carbonyl (C=O) groups is 2. The highest BCUT2D eigenvalue weighted by molar-refractivity contribution is 5.75. The lowest BCUT2D eigenvalue weighted by molar-refractivity contribution is -0.141. The lowest BCUT2D eigenvalue weighted by Gasteiger charge is -2.22. The molecule has 0 rings (SSSR count). The quantitative estimate of drug-likeness (QED) is 0.774. The van der Waals surface area contributed by atoms with Gasteiger partial charge in [0, 0.05) is 20.1 Å². The van der Waals surface area contributed by atoms with E-state index in [1.165, 1.54) is 4.90 Å². The standard InChI is InChI=1S/C12H24N2O3/c1-9(10(15)16)8-14(5)11(17)13-7-6-12(2,3)4/h9H,6-8H2,1-5H3,(H,13,17)(H,15,16). The first-order valence-corrected chi connectivity index (χ1v) is 5.85. The average molecular weight is 244 g/mol. The summed E-state index contributed by atoms with van der Waals surface area (Å²) in [6.45, 7) is 8.73. The van der Waals surface area contributed by atoms with Gasteiger partial charge in [0.15, 0.2) is 0 Å². The van der Waals surface area contributed by atoms with E-state index in [9.17, 15) is 9.59 Å². The number of hydrogen-bond acceptors (Lipinski definition) is 2. The van der Waals surface area contributed by atoms with Crippen molar-refractivity contribution < 1.29 is 14.7 Å². The topological polar surface area (TPSA) is 69.6 Å². The summed E-state index contributed by atoms with van der Waals surface area (Å²) in [4.78, 5) is 23.7. The highest BCUT2D eigenvalue weighted by Gasteiger charge is 2.17. The van der Waals surface area contributed by atoms with E-state index in [-0.39, 0.29) is 18.0 Å². The first-order chi connectivity index (χ1) is 7.63. The number of amides is 2. The van der Waals surface area contributed by atoms with Crippen molar-refractivity contribution in [3.63, 3.8) is 0 Å². The third kappa shape index (κ3) is 7.60. The van der Waals surface area contributed by atoms with Gasteiger partial charge in [-0.2, -0.15) is 0 Å². The van der Waals surface area contributed by atoms with Crippen LogP contribution >= 0.6 is 0 Å². The Morgan fingerprint density at radius 1 is 1.35 bits per heavy atom. The molecular formula is C12H24N2O3. The number of carboxylic acids is 1. The second-order valence-corrected chi connectivity index (χ2v) is 5.66. The van der Waals surface area contributed by atoms with Crippen LogP contribution in [0, 0.1) is 11.3 Å². The molecule has 0 aliphatic carbocycles. The van der Waals surface area contributed by atoms with Gasteiger partial charge < -0.3 is 15.3 Å². The maximum atomic E-state index is 11.6. The highest BCUT2D eigenvalue weighted by atomic mass is 16.4. The van der Waals surface area contributed by atoms with Crippen LogP contribution in [-0.4, -0.2) is 42.1 Å². The van der Waals surface area contributed by atoms with E-state index < -0.39 is 11.9 Å². The smallest absolute Gasteiger partial charge is 0.317 e. The molecule has 0 saturated carbocycles. The van der Waals surface area contributed by atoms with Crippen molar-refractivity contribution in [1.29, 1.82) is 0 Å². The Hall–Kier alpha value is -1.26. The molecule has 100 valence electrons. The van der Waals surface area contributed by atoms with Crippen LogP contribution in [0.3, 0.4) is 0 Å². The molecule has 0 fully saturated rings. The summed E-state index contributed by atoms with van der Waals surface area (Å²) >= 11 is 0. The Kier molecular flexibility index (Phi) is 5.99. The molecule has 0 aliphatic heterocycles. The summed E-state index contributed by atoms with van der Waals surface area (Å²) in [5, 5.41) is 11.5. The Labute approximate surface area is 103 Å². The van der Waals surface area contributed by atoms with Crippen LogP contribution in [-0.2, 0) is 4.79 Å². The fraction of sp³-hybridized carbons (Fsp3) is 0.833. The Morgan fingerprint density at radius 3 is 2.29 bits per heavy atom. The van der Waals surface area contributed by atoms with E-state index in [1.54, 1.807) is 14.0 Å². The van der Waals surface area contributed by atoms with Crippen LogP contribution in [0.5, 0.6) is 0 Å². The van der Waals surface area contributed by atoms with Crippen molar-refractivity contribution in [3.05, 3.63) is 0 Å². The SMILES string of the molecule is CC(CN(C)C(=O)NCCC(C)(C)C)C(=O)O. The number of aliphatic carboxylic acids is 1. The molecular weight excluding hydrogens is 220 g/mol. The molecule has 0 aromatic carbocycles. The van der Waals surface area contributed by atoms with Crippen molar-refractivity contribution >= 4 is 12.0 Å². The van der Waals surface area contributed by atoms with E-state index in [2.05, 4.69) is 26.1 Å². The predicted molar refractivity (Wildman–Crippen MR) is 66.9 cm³/mol. The van der Waals surface area contributed by atoms with Crippen molar-refractivity contribution in [2.45, 2.75) is 34.1 Å². The van der Waals surface area contributed by atoms with Gasteiger partial charge in [0.2, 0.25) is 0 Å². The molecule has 0 radical (unpaired) electrons. The maximum absolute atomic E-state index is 11.6. The molecule has 2 amide bonds. The first kappa shape index (κ1) is 15.7. The van der Waals surface area contributed by atoms with Gasteiger partial charge in [-0.1, -0.05) is 27.7 Å². The molecule has 2 N–H and O–H groups in total. The molecule has 0 aromatic heterocycles. The number of nitrogens with one attached hydrogen (secondary N) is 1. The van der Waals surface area contributed by atoms with Gasteiger partial charge in [0.1, 0.15) is 0 Å². The third-order valence-corrected chi connectivity index (χ3v) is 2.47. The minimum absolute atomic E-state index is 0.181. The minimum atomic E-state index is -0.889. The molecule has 17 heavy (non-hydrogen) atoms. The van der Waals surface area contributed by atoms with Crippen molar-refractivity contribution in [2.75, 3.05) is 20.1 Å². The summed E-state index contributed by atoms with van der Waals surface area (Å²) in [6.07, 6.45) is 0.890. The minimum Gasteiger partial charge on any atom is -0.481 e. The van der Waals surface area contributed by atoms with Gasteiger partial charge in [-0.25, -0.2) is 4.79 Å². The fourth-order valence-corrected chi connectivity index (χ4v) is 1.25. The number of urea groups is 1. The monoisotopic (exact) mass is 244 g/mol. The van der Waals surface area contributed by atoms with Crippen LogP contribution in [0.15, 0.2) is 0 Å². The van der Waals surface area contributed by atoms with E-state index in [0.717, 1.165) is 6.42 Å². The molecule has 0 bridgehead atoms. The summed E-state index contributed by atoms with van der Waals surface area (Å²) in [5.74, 6) is -1.44. The van der Waals surface area contributed by atoms with Crippen LogP contribution < -0.4 is 5.32 Å². The van der Waals surface area contributed by atoms with Crippen LogP contribution in [0.4, 0.5) is 4.79 Å². The summed E-state index contributed by atoms with van der Waals surface area (Å²) in [6, 6.07) is -0.220. The summed E-state index contributed by atoms with van der Waals surface area (Å²) in [5.41, 5.74) is 0.181. The molecule has 0 aliphatic rings. The molecule has 0 saturated heterocycles. The average Bonchev–Trinajstić information content (AvgIpc) is 2.15. The van der Waals surface area contributed by atoms with Crippen LogP contribution in [0.1, 0.15) is 34.1 Å². The van der Waals surface area contributed by atoms with E-state index in [4.69, 9.17) is 5.11 Å². The Morgan fingerprint density at radius 2 is 1.88 bits per heavy atom. The van der Waals surface area contributed by atoms with E-state index in [1.807, 2.05) is 0 Å². The van der Waals surface area contributed by atoms with Gasteiger partial charge in [-0.3, -0.25) is 4.79 Å². The van der Waals surface area contributed by atoms with Crippen molar-refractivity contribution in [1.82, 2.24) is 10.2 Å². The van der Waals surface area contributed by atoms with Crippen LogP contribution in [0.25, 0.3) is 0 Å². The molecule has 5 nitrogen and oxygen atoms in total. The summed E-state index contributed by atoms with van der Waals surface area (Å²) in [7, 11) is 1.60. The fourth-order valence-electron chi connectivity index (χ4n) is 1.25. The molecule has 0 aromatic rings. The number of carboxylic acid groups (broad SMARTS) is 1. The molecule has 1 atom stereocenters. The summed E-state index contributed by atoms with van der Waals surface area (Å²) < 4.78 is 0. The Balaban J connectivity index is 3.94. The number of carbonyl (C=O) groups excluding carboxylic acids is 1. The number of rotatable bonds is 5. The van der Waals surface area contributed by atoms with E-state index >= 15 is 0 Å². The normalized spacial score (nSPS) is 13.0.